The topological polar surface area (TPSA) is 38.8 Å². The second kappa shape index (κ2) is 6.80. The molecule has 0 spiro atoms. The maximum absolute atomic E-state index is 12.0. The molecule has 4 nitrogen and oxygen atoms in total. The van der Waals surface area contributed by atoms with Gasteiger partial charge in [0.05, 0.1) is 7.11 Å². The highest BCUT2D eigenvalue weighted by molar-refractivity contribution is 9.10. The van der Waals surface area contributed by atoms with E-state index in [1.54, 1.807) is 7.11 Å². The summed E-state index contributed by atoms with van der Waals surface area (Å²) in [6, 6.07) is 5.49. The molecule has 1 saturated heterocycles. The fourth-order valence-electron chi connectivity index (χ4n) is 2.13. The zero-order valence-corrected chi connectivity index (χ0v) is 12.6. The fraction of sp³-hybridized carbons (Fsp3) is 0.500. The first-order valence-electron chi connectivity index (χ1n) is 6.45. The van der Waals surface area contributed by atoms with E-state index in [1.807, 2.05) is 23.1 Å². The molecule has 19 heavy (non-hydrogen) atoms. The van der Waals surface area contributed by atoms with E-state index in [0.717, 1.165) is 30.4 Å². The van der Waals surface area contributed by atoms with Crippen molar-refractivity contribution in [3.63, 3.8) is 0 Å². The van der Waals surface area contributed by atoms with Crippen LogP contribution < -0.4 is 9.47 Å². The number of hydrogen-bond acceptors (Lipinski definition) is 3. The minimum absolute atomic E-state index is 0.0504. The molecule has 0 N–H and O–H groups in total. The van der Waals surface area contributed by atoms with Crippen molar-refractivity contribution in [1.29, 1.82) is 0 Å². The maximum atomic E-state index is 12.0. The van der Waals surface area contributed by atoms with E-state index in [1.165, 1.54) is 6.42 Å². The van der Waals surface area contributed by atoms with Gasteiger partial charge in [-0.15, -0.1) is 0 Å². The minimum atomic E-state index is 0.0504. The van der Waals surface area contributed by atoms with Crippen LogP contribution in [0.4, 0.5) is 0 Å². The van der Waals surface area contributed by atoms with E-state index in [4.69, 9.17) is 9.47 Å². The van der Waals surface area contributed by atoms with Crippen LogP contribution in [-0.4, -0.2) is 37.6 Å². The van der Waals surface area contributed by atoms with Gasteiger partial charge in [0.2, 0.25) is 0 Å². The van der Waals surface area contributed by atoms with Gasteiger partial charge in [-0.3, -0.25) is 4.79 Å². The lowest BCUT2D eigenvalue weighted by Crippen LogP contribution is -2.38. The van der Waals surface area contributed by atoms with E-state index >= 15 is 0 Å². The number of rotatable bonds is 4. The molecule has 2 rings (SSSR count). The Balaban J connectivity index is 1.93. The van der Waals surface area contributed by atoms with Gasteiger partial charge in [-0.2, -0.15) is 0 Å². The Morgan fingerprint density at radius 3 is 2.63 bits per heavy atom. The quantitative estimate of drug-likeness (QED) is 0.853. The van der Waals surface area contributed by atoms with Crippen LogP contribution in [0.15, 0.2) is 22.7 Å². The largest absolute Gasteiger partial charge is 0.495 e. The van der Waals surface area contributed by atoms with Crippen molar-refractivity contribution in [2.75, 3.05) is 26.8 Å². The summed E-state index contributed by atoms with van der Waals surface area (Å²) in [7, 11) is 1.60. The molecule has 0 radical (unpaired) electrons. The lowest BCUT2D eigenvalue weighted by molar-refractivity contribution is -0.134. The summed E-state index contributed by atoms with van der Waals surface area (Å²) < 4.78 is 11.5. The van der Waals surface area contributed by atoms with Crippen LogP contribution in [0.1, 0.15) is 19.3 Å². The lowest BCUT2D eigenvalue weighted by atomic mass is 10.1. The Labute approximate surface area is 121 Å². The smallest absolute Gasteiger partial charge is 0.260 e. The molecule has 1 amide bonds. The van der Waals surface area contributed by atoms with Crippen LogP contribution >= 0.6 is 15.9 Å². The molecule has 0 atom stereocenters. The third kappa shape index (κ3) is 3.62. The van der Waals surface area contributed by atoms with E-state index in [0.29, 0.717) is 11.5 Å². The van der Waals surface area contributed by atoms with Gasteiger partial charge < -0.3 is 14.4 Å². The SMILES string of the molecule is COc1cccc(OCC(=O)N2CCCCC2)c1Br. The Morgan fingerprint density at radius 1 is 1.26 bits per heavy atom. The summed E-state index contributed by atoms with van der Waals surface area (Å²) in [6.07, 6.45) is 3.40. The van der Waals surface area contributed by atoms with E-state index < -0.39 is 0 Å². The molecule has 5 heteroatoms. The highest BCUT2D eigenvalue weighted by atomic mass is 79.9. The molecule has 0 aliphatic carbocycles. The van der Waals surface area contributed by atoms with Crippen LogP contribution in [-0.2, 0) is 4.79 Å². The van der Waals surface area contributed by atoms with Gasteiger partial charge in [0.1, 0.15) is 16.0 Å². The number of methoxy groups -OCH3 is 1. The number of nitrogens with zero attached hydrogens (tertiary/aromatic N) is 1. The highest BCUT2D eigenvalue weighted by Gasteiger charge is 2.17. The molecule has 1 aliphatic heterocycles. The predicted molar refractivity (Wildman–Crippen MR) is 76.6 cm³/mol. The first kappa shape index (κ1) is 14.2. The number of benzene rings is 1. The van der Waals surface area contributed by atoms with Crippen LogP contribution in [0.3, 0.4) is 0 Å². The summed E-state index contributed by atoms with van der Waals surface area (Å²) in [5.41, 5.74) is 0. The van der Waals surface area contributed by atoms with Gasteiger partial charge in [0, 0.05) is 13.1 Å². The Kier molecular flexibility index (Phi) is 5.07. The van der Waals surface area contributed by atoms with Gasteiger partial charge in [0.25, 0.3) is 5.91 Å². The molecule has 1 fully saturated rings. The molecule has 1 aromatic carbocycles. The number of amides is 1. The molecule has 0 bridgehead atoms. The molecule has 0 saturated carbocycles. The van der Waals surface area contributed by atoms with Crippen molar-refractivity contribution in [3.8, 4) is 11.5 Å². The third-order valence-electron chi connectivity index (χ3n) is 3.21. The van der Waals surface area contributed by atoms with Crippen LogP contribution in [0.2, 0.25) is 0 Å². The summed E-state index contributed by atoms with van der Waals surface area (Å²) in [5, 5.41) is 0. The minimum Gasteiger partial charge on any atom is -0.495 e. The van der Waals surface area contributed by atoms with Crippen molar-refractivity contribution in [2.45, 2.75) is 19.3 Å². The standard InChI is InChI=1S/C14H18BrNO3/c1-18-11-6-5-7-12(14(11)15)19-10-13(17)16-8-3-2-4-9-16/h5-7H,2-4,8-10H2,1H3. The summed E-state index contributed by atoms with van der Waals surface area (Å²) in [5.74, 6) is 1.38. The van der Waals surface area contributed by atoms with E-state index in [9.17, 15) is 4.79 Å². The zero-order valence-electron chi connectivity index (χ0n) is 11.0. The zero-order chi connectivity index (χ0) is 13.7. The van der Waals surface area contributed by atoms with Crippen molar-refractivity contribution < 1.29 is 14.3 Å². The number of halogens is 1. The molecular weight excluding hydrogens is 310 g/mol. The maximum Gasteiger partial charge on any atom is 0.260 e. The number of carbonyl (C=O) groups excluding carboxylic acids is 1. The molecule has 1 aliphatic rings. The molecule has 0 unspecified atom stereocenters. The summed E-state index contributed by atoms with van der Waals surface area (Å²) in [4.78, 5) is 13.9. The molecule has 1 aromatic rings. The molecule has 104 valence electrons. The Hall–Kier alpha value is -1.23. The van der Waals surface area contributed by atoms with Gasteiger partial charge in [-0.1, -0.05) is 6.07 Å². The summed E-state index contributed by atoms with van der Waals surface area (Å²) >= 11 is 3.41. The van der Waals surface area contributed by atoms with Crippen molar-refractivity contribution in [1.82, 2.24) is 4.90 Å². The second-order valence-corrected chi connectivity index (χ2v) is 5.30. The fourth-order valence-corrected chi connectivity index (χ4v) is 2.67. The summed E-state index contributed by atoms with van der Waals surface area (Å²) in [6.45, 7) is 1.77. The first-order chi connectivity index (χ1) is 9.22. The molecule has 0 aromatic heterocycles. The average molecular weight is 328 g/mol. The average Bonchev–Trinajstić information content (AvgIpc) is 2.47. The predicted octanol–water partition coefficient (Wildman–Crippen LogP) is 2.85. The van der Waals surface area contributed by atoms with E-state index in [2.05, 4.69) is 15.9 Å². The third-order valence-corrected chi connectivity index (χ3v) is 3.99. The second-order valence-electron chi connectivity index (χ2n) is 4.50. The van der Waals surface area contributed by atoms with Crippen molar-refractivity contribution >= 4 is 21.8 Å². The first-order valence-corrected chi connectivity index (χ1v) is 7.24. The van der Waals surface area contributed by atoms with Crippen LogP contribution in [0, 0.1) is 0 Å². The highest BCUT2D eigenvalue weighted by Crippen LogP contribution is 2.33. The van der Waals surface area contributed by atoms with Crippen molar-refractivity contribution in [2.24, 2.45) is 0 Å². The monoisotopic (exact) mass is 327 g/mol. The normalized spacial score (nSPS) is 15.2. The molecule has 1 heterocycles. The Morgan fingerprint density at radius 2 is 1.95 bits per heavy atom. The number of hydrogen-bond donors (Lipinski definition) is 0. The van der Waals surface area contributed by atoms with Gasteiger partial charge in [-0.05, 0) is 47.3 Å². The van der Waals surface area contributed by atoms with Crippen molar-refractivity contribution in [3.05, 3.63) is 22.7 Å². The Bertz CT molecular complexity index is 444. The number of likely N-dealkylation sites (tertiary alicyclic amines) is 1. The van der Waals surface area contributed by atoms with Gasteiger partial charge >= 0.3 is 0 Å². The number of carbonyl (C=O) groups is 1. The molecular formula is C14H18BrNO3. The van der Waals surface area contributed by atoms with Crippen LogP contribution in [0.5, 0.6) is 11.5 Å². The van der Waals surface area contributed by atoms with Gasteiger partial charge in [0.15, 0.2) is 6.61 Å². The van der Waals surface area contributed by atoms with Gasteiger partial charge in [-0.25, -0.2) is 0 Å². The lowest BCUT2D eigenvalue weighted by Gasteiger charge is -2.26. The van der Waals surface area contributed by atoms with Crippen LogP contribution in [0.25, 0.3) is 0 Å². The number of ether oxygens (including phenoxy) is 2. The van der Waals surface area contributed by atoms with E-state index in [-0.39, 0.29) is 12.5 Å². The number of piperidine rings is 1.